The molecule has 0 aliphatic heterocycles. The molecule has 0 amide bonds. The van der Waals surface area contributed by atoms with E-state index in [1.54, 1.807) is 23.9 Å². The maximum absolute atomic E-state index is 13.7. The van der Waals surface area contributed by atoms with Crippen molar-refractivity contribution in [1.29, 1.82) is 0 Å². The van der Waals surface area contributed by atoms with E-state index in [2.05, 4.69) is 6.92 Å². The van der Waals surface area contributed by atoms with Crippen LogP contribution in [0.5, 0.6) is 0 Å². The maximum Gasteiger partial charge on any atom is 0.169 e. The van der Waals surface area contributed by atoms with E-state index >= 15 is 0 Å². The van der Waals surface area contributed by atoms with Gasteiger partial charge in [-0.2, -0.15) is 0 Å². The van der Waals surface area contributed by atoms with Gasteiger partial charge in [0.25, 0.3) is 0 Å². The Morgan fingerprint density at radius 2 is 1.95 bits per heavy atom. The second kappa shape index (κ2) is 5.92. The summed E-state index contributed by atoms with van der Waals surface area (Å²) in [6, 6.07) is 14.4. The highest BCUT2D eigenvalue weighted by Crippen LogP contribution is 2.29. The van der Waals surface area contributed by atoms with Crippen molar-refractivity contribution < 1.29 is 8.81 Å². The minimum atomic E-state index is -0.391. The van der Waals surface area contributed by atoms with Crippen molar-refractivity contribution in [3.05, 3.63) is 65.7 Å². The van der Waals surface area contributed by atoms with E-state index in [1.807, 2.05) is 30.3 Å². The third kappa shape index (κ3) is 2.82. The van der Waals surface area contributed by atoms with Crippen LogP contribution in [0.3, 0.4) is 0 Å². The van der Waals surface area contributed by atoms with Crippen molar-refractivity contribution in [2.45, 2.75) is 17.9 Å². The second-order valence-corrected chi connectivity index (χ2v) is 6.12. The number of hydrogen-bond acceptors (Lipinski definition) is 3. The third-order valence-electron chi connectivity index (χ3n) is 3.37. The van der Waals surface area contributed by atoms with Crippen LogP contribution in [0, 0.1) is 5.82 Å². The van der Waals surface area contributed by atoms with Crippen molar-refractivity contribution >= 4 is 22.7 Å². The van der Waals surface area contributed by atoms with Crippen LogP contribution >= 0.6 is 11.8 Å². The summed E-state index contributed by atoms with van der Waals surface area (Å²) in [4.78, 5) is 1.21. The van der Waals surface area contributed by atoms with Crippen molar-refractivity contribution in [1.82, 2.24) is 0 Å². The number of furan rings is 1. The lowest BCUT2D eigenvalue weighted by molar-refractivity contribution is 0.502. The molecule has 21 heavy (non-hydrogen) atoms. The van der Waals surface area contributed by atoms with Gasteiger partial charge in [-0.1, -0.05) is 31.2 Å². The lowest BCUT2D eigenvalue weighted by Gasteiger charge is -2.09. The molecule has 1 atom stereocenters. The fourth-order valence-electron chi connectivity index (χ4n) is 2.30. The number of para-hydroxylation sites is 1. The number of halogens is 1. The van der Waals surface area contributed by atoms with Crippen LogP contribution in [0.15, 0.2) is 57.8 Å². The summed E-state index contributed by atoms with van der Waals surface area (Å²) in [6.07, 6.45) is 0. The minimum absolute atomic E-state index is 0.265. The molecule has 0 radical (unpaired) electrons. The number of rotatable bonds is 4. The highest BCUT2D eigenvalue weighted by Gasteiger charge is 2.15. The summed E-state index contributed by atoms with van der Waals surface area (Å²) in [6.45, 7) is 2.12. The smallest absolute Gasteiger partial charge is 0.169 e. The van der Waals surface area contributed by atoms with E-state index < -0.39 is 6.04 Å². The molecular weight excluding hydrogens is 285 g/mol. The van der Waals surface area contributed by atoms with Gasteiger partial charge in [0.1, 0.15) is 5.76 Å². The second-order valence-electron chi connectivity index (χ2n) is 4.79. The Bertz CT molecular complexity index is 751. The molecule has 0 saturated heterocycles. The number of nitrogens with two attached hydrogens (primary N) is 1. The molecule has 1 aromatic heterocycles. The molecule has 0 aliphatic rings. The zero-order valence-corrected chi connectivity index (χ0v) is 12.5. The van der Waals surface area contributed by atoms with Gasteiger partial charge < -0.3 is 10.2 Å². The predicted molar refractivity (Wildman–Crippen MR) is 85.0 cm³/mol. The summed E-state index contributed by atoms with van der Waals surface area (Å²) in [5, 5.41) is 0.735. The van der Waals surface area contributed by atoms with Crippen molar-refractivity contribution in [3.8, 4) is 0 Å². The molecule has 0 saturated carbocycles. The highest BCUT2D eigenvalue weighted by atomic mass is 32.2. The normalized spacial score (nSPS) is 12.7. The minimum Gasteiger partial charge on any atom is -0.456 e. The summed E-state index contributed by atoms with van der Waals surface area (Å²) < 4.78 is 19.3. The van der Waals surface area contributed by atoms with Gasteiger partial charge in [-0.05, 0) is 35.6 Å². The number of thioether (sulfide) groups is 1. The molecule has 108 valence electrons. The molecule has 0 fully saturated rings. The lowest BCUT2D eigenvalue weighted by Crippen LogP contribution is -2.10. The van der Waals surface area contributed by atoms with Crippen LogP contribution in [0.2, 0.25) is 0 Å². The average molecular weight is 301 g/mol. The predicted octanol–water partition coefficient (Wildman–Crippen LogP) is 4.73. The van der Waals surface area contributed by atoms with Gasteiger partial charge in [0, 0.05) is 10.3 Å². The third-order valence-corrected chi connectivity index (χ3v) is 4.27. The molecule has 0 aliphatic carbocycles. The monoisotopic (exact) mass is 301 g/mol. The van der Waals surface area contributed by atoms with Crippen molar-refractivity contribution in [2.75, 3.05) is 5.75 Å². The van der Waals surface area contributed by atoms with Crippen molar-refractivity contribution in [2.24, 2.45) is 5.73 Å². The Labute approximate surface area is 127 Å². The summed E-state index contributed by atoms with van der Waals surface area (Å²) in [5.74, 6) is 1.25. The fraction of sp³-hybridized carbons (Fsp3) is 0.176. The topological polar surface area (TPSA) is 39.2 Å². The maximum atomic E-state index is 13.7. The zero-order valence-electron chi connectivity index (χ0n) is 11.7. The van der Waals surface area contributed by atoms with Crippen molar-refractivity contribution in [3.63, 3.8) is 0 Å². The van der Waals surface area contributed by atoms with Gasteiger partial charge in [0.2, 0.25) is 0 Å². The van der Waals surface area contributed by atoms with Gasteiger partial charge in [-0.3, -0.25) is 0 Å². The van der Waals surface area contributed by atoms with E-state index in [0.717, 1.165) is 16.7 Å². The van der Waals surface area contributed by atoms with Gasteiger partial charge in [0.05, 0.1) is 6.04 Å². The molecule has 0 bridgehead atoms. The first-order valence-electron chi connectivity index (χ1n) is 6.85. The number of fused-ring (bicyclic) bond motifs is 1. The van der Waals surface area contributed by atoms with E-state index in [0.29, 0.717) is 5.76 Å². The Morgan fingerprint density at radius 1 is 1.19 bits per heavy atom. The first kappa shape index (κ1) is 14.2. The molecule has 4 heteroatoms. The summed E-state index contributed by atoms with van der Waals surface area (Å²) >= 11 is 1.78. The van der Waals surface area contributed by atoms with Crippen LogP contribution in [0.25, 0.3) is 11.0 Å². The molecule has 2 aromatic carbocycles. The van der Waals surface area contributed by atoms with Crippen LogP contribution in [-0.2, 0) is 0 Å². The summed E-state index contributed by atoms with van der Waals surface area (Å²) in [5.41, 5.74) is 7.45. The largest absolute Gasteiger partial charge is 0.456 e. The standard InChI is InChI=1S/C17H16FNOS/c1-2-21-13-8-6-11(7-9-13)16(19)15-10-12-4-3-5-14(18)17(12)20-15/h3-10,16H,2,19H2,1H3. The van der Waals surface area contributed by atoms with Crippen LogP contribution in [-0.4, -0.2) is 5.75 Å². The van der Waals surface area contributed by atoms with Gasteiger partial charge in [-0.25, -0.2) is 4.39 Å². The van der Waals surface area contributed by atoms with Crippen LogP contribution in [0.1, 0.15) is 24.3 Å². The first-order chi connectivity index (χ1) is 10.2. The van der Waals surface area contributed by atoms with Gasteiger partial charge >= 0.3 is 0 Å². The molecule has 2 nitrogen and oxygen atoms in total. The van der Waals surface area contributed by atoms with E-state index in [-0.39, 0.29) is 11.4 Å². The van der Waals surface area contributed by atoms with Gasteiger partial charge in [-0.15, -0.1) is 11.8 Å². The highest BCUT2D eigenvalue weighted by molar-refractivity contribution is 7.99. The first-order valence-corrected chi connectivity index (χ1v) is 7.84. The Balaban J connectivity index is 1.92. The Kier molecular flexibility index (Phi) is 3.99. The van der Waals surface area contributed by atoms with Crippen LogP contribution < -0.4 is 5.73 Å². The summed E-state index contributed by atoms with van der Waals surface area (Å²) in [7, 11) is 0. The quantitative estimate of drug-likeness (QED) is 0.708. The number of hydrogen-bond donors (Lipinski definition) is 1. The molecule has 1 unspecified atom stereocenters. The molecule has 3 aromatic rings. The molecule has 1 heterocycles. The molecular formula is C17H16FNOS. The lowest BCUT2D eigenvalue weighted by atomic mass is 10.1. The fourth-order valence-corrected chi connectivity index (χ4v) is 2.96. The van der Waals surface area contributed by atoms with Crippen LogP contribution in [0.4, 0.5) is 4.39 Å². The number of benzene rings is 2. The Hall–Kier alpha value is -1.78. The molecule has 3 rings (SSSR count). The van der Waals surface area contributed by atoms with E-state index in [9.17, 15) is 4.39 Å². The molecule has 0 spiro atoms. The zero-order chi connectivity index (χ0) is 14.8. The SMILES string of the molecule is CCSc1ccc(C(N)c2cc3cccc(F)c3o2)cc1. The molecule has 2 N–H and O–H groups in total. The van der Waals surface area contributed by atoms with E-state index in [1.165, 1.54) is 11.0 Å². The van der Waals surface area contributed by atoms with Gasteiger partial charge in [0.15, 0.2) is 11.4 Å². The van der Waals surface area contributed by atoms with E-state index in [4.69, 9.17) is 10.2 Å². The average Bonchev–Trinajstić information content (AvgIpc) is 2.93. The Morgan fingerprint density at radius 3 is 2.62 bits per heavy atom.